The van der Waals surface area contributed by atoms with E-state index in [0.717, 1.165) is 21.6 Å². The van der Waals surface area contributed by atoms with Crippen LogP contribution in [-0.4, -0.2) is 38.3 Å². The maximum absolute atomic E-state index is 11.7. The maximum Gasteiger partial charge on any atom is 0.252 e. The summed E-state index contributed by atoms with van der Waals surface area (Å²) in [5, 5.41) is 8.07. The fourth-order valence-electron chi connectivity index (χ4n) is 1.50. The summed E-state index contributed by atoms with van der Waals surface area (Å²) in [4.78, 5) is 11.7. The summed E-state index contributed by atoms with van der Waals surface area (Å²) >= 11 is 3.79. The first kappa shape index (κ1) is 12.3. The number of thiophene rings is 1. The Balaban J connectivity index is 1.79. The Hall–Kier alpha value is -0.180. The number of halogens is 1. The van der Waals surface area contributed by atoms with Gasteiger partial charge in [0.25, 0.3) is 5.91 Å². The highest BCUT2D eigenvalue weighted by atomic mass is 127. The fraction of sp³-hybridized carbons (Fsp3) is 0.500. The second-order valence-corrected chi connectivity index (χ2v) is 6.38. The molecule has 1 aliphatic heterocycles. The molecule has 6 heteroatoms. The molecule has 0 radical (unpaired) electrons. The number of rotatable bonds is 3. The molecule has 1 atom stereocenters. The van der Waals surface area contributed by atoms with Crippen molar-refractivity contribution in [3.63, 3.8) is 0 Å². The molecule has 88 valence electrons. The standard InChI is InChI=1S/C10H13IN2O2S/c11-9-3-7(6-16-9)10(14)13-4-8-5-15-2-1-12-8/h3,6,8,12H,1-2,4-5H2,(H,13,14). The summed E-state index contributed by atoms with van der Waals surface area (Å²) in [6.45, 7) is 2.90. The summed E-state index contributed by atoms with van der Waals surface area (Å²) in [5.41, 5.74) is 0.742. The number of hydrogen-bond donors (Lipinski definition) is 2. The van der Waals surface area contributed by atoms with Crippen LogP contribution in [0.25, 0.3) is 0 Å². The van der Waals surface area contributed by atoms with E-state index in [1.54, 1.807) is 11.3 Å². The molecule has 2 rings (SSSR count). The van der Waals surface area contributed by atoms with Gasteiger partial charge in [0.15, 0.2) is 0 Å². The Morgan fingerprint density at radius 3 is 3.25 bits per heavy atom. The minimum absolute atomic E-state index is 0.00783. The third kappa shape index (κ3) is 3.41. The number of carbonyl (C=O) groups excluding carboxylic acids is 1. The molecule has 4 nitrogen and oxygen atoms in total. The number of ether oxygens (including phenoxy) is 1. The van der Waals surface area contributed by atoms with Gasteiger partial charge in [-0.1, -0.05) is 0 Å². The first-order chi connectivity index (χ1) is 7.75. The first-order valence-corrected chi connectivity index (χ1v) is 7.05. The Morgan fingerprint density at radius 1 is 1.75 bits per heavy atom. The molecule has 1 amide bonds. The molecule has 0 aliphatic carbocycles. The van der Waals surface area contributed by atoms with Gasteiger partial charge in [-0.15, -0.1) is 11.3 Å². The lowest BCUT2D eigenvalue weighted by molar-refractivity contribution is 0.0735. The van der Waals surface area contributed by atoms with Gasteiger partial charge in [0.05, 0.1) is 21.7 Å². The van der Waals surface area contributed by atoms with Crippen LogP contribution in [0.3, 0.4) is 0 Å². The minimum Gasteiger partial charge on any atom is -0.378 e. The molecule has 1 aromatic heterocycles. The third-order valence-electron chi connectivity index (χ3n) is 2.34. The quantitative estimate of drug-likeness (QED) is 0.801. The zero-order valence-corrected chi connectivity index (χ0v) is 11.6. The van der Waals surface area contributed by atoms with Crippen LogP contribution in [0.15, 0.2) is 11.4 Å². The Bertz CT molecular complexity index is 363. The number of morpholine rings is 1. The van der Waals surface area contributed by atoms with Crippen LogP contribution >= 0.6 is 33.9 Å². The van der Waals surface area contributed by atoms with Gasteiger partial charge in [0.2, 0.25) is 0 Å². The van der Waals surface area contributed by atoms with Gasteiger partial charge in [-0.25, -0.2) is 0 Å². The molecule has 1 aliphatic rings. The molecule has 1 saturated heterocycles. The van der Waals surface area contributed by atoms with Gasteiger partial charge in [-0.2, -0.15) is 0 Å². The molecule has 1 unspecified atom stereocenters. The van der Waals surface area contributed by atoms with Crippen molar-refractivity contribution in [2.75, 3.05) is 26.3 Å². The van der Waals surface area contributed by atoms with Crippen molar-refractivity contribution in [2.24, 2.45) is 0 Å². The summed E-state index contributed by atoms with van der Waals surface area (Å²) in [6, 6.07) is 2.13. The van der Waals surface area contributed by atoms with Crippen LogP contribution in [0.5, 0.6) is 0 Å². The molecule has 0 saturated carbocycles. The lowest BCUT2D eigenvalue weighted by atomic mass is 10.2. The van der Waals surface area contributed by atoms with Crippen molar-refractivity contribution in [1.29, 1.82) is 0 Å². The summed E-state index contributed by atoms with van der Waals surface area (Å²) in [5.74, 6) is -0.00783. The summed E-state index contributed by atoms with van der Waals surface area (Å²) < 4.78 is 6.44. The minimum atomic E-state index is -0.00783. The zero-order valence-electron chi connectivity index (χ0n) is 8.66. The lowest BCUT2D eigenvalue weighted by Crippen LogP contribution is -2.48. The van der Waals surface area contributed by atoms with Crippen molar-refractivity contribution in [3.8, 4) is 0 Å². The van der Waals surface area contributed by atoms with Crippen LogP contribution in [-0.2, 0) is 4.74 Å². The molecular formula is C10H13IN2O2S. The van der Waals surface area contributed by atoms with Crippen molar-refractivity contribution in [1.82, 2.24) is 10.6 Å². The van der Waals surface area contributed by atoms with Crippen LogP contribution < -0.4 is 10.6 Å². The van der Waals surface area contributed by atoms with E-state index < -0.39 is 0 Å². The molecule has 2 N–H and O–H groups in total. The molecule has 2 heterocycles. The van der Waals surface area contributed by atoms with Crippen molar-refractivity contribution in [3.05, 3.63) is 19.9 Å². The molecule has 1 aromatic rings. The van der Waals surface area contributed by atoms with Crippen LogP contribution in [0.2, 0.25) is 0 Å². The predicted octanol–water partition coefficient (Wildman–Crippen LogP) is 1.07. The number of amides is 1. The van der Waals surface area contributed by atoms with Gasteiger partial charge in [0, 0.05) is 24.5 Å². The van der Waals surface area contributed by atoms with Gasteiger partial charge in [0.1, 0.15) is 0 Å². The van der Waals surface area contributed by atoms with E-state index in [9.17, 15) is 4.79 Å². The highest BCUT2D eigenvalue weighted by molar-refractivity contribution is 14.1. The maximum atomic E-state index is 11.7. The van der Waals surface area contributed by atoms with E-state index in [1.165, 1.54) is 0 Å². The van der Waals surface area contributed by atoms with Crippen molar-refractivity contribution >= 4 is 39.8 Å². The van der Waals surface area contributed by atoms with Crippen molar-refractivity contribution < 1.29 is 9.53 Å². The monoisotopic (exact) mass is 352 g/mol. The number of nitrogens with one attached hydrogen (secondary N) is 2. The molecule has 1 fully saturated rings. The molecule has 0 spiro atoms. The van der Waals surface area contributed by atoms with E-state index in [2.05, 4.69) is 33.2 Å². The normalized spacial score (nSPS) is 20.7. The third-order valence-corrected chi connectivity index (χ3v) is 4.13. The topological polar surface area (TPSA) is 50.4 Å². The highest BCUT2D eigenvalue weighted by Gasteiger charge is 2.14. The van der Waals surface area contributed by atoms with Gasteiger partial charge in [-0.3, -0.25) is 4.79 Å². The molecular weight excluding hydrogens is 339 g/mol. The molecule has 0 bridgehead atoms. The Morgan fingerprint density at radius 2 is 2.62 bits per heavy atom. The van der Waals surface area contributed by atoms with Crippen molar-refractivity contribution in [2.45, 2.75) is 6.04 Å². The van der Waals surface area contributed by atoms with Gasteiger partial charge in [-0.05, 0) is 28.7 Å². The predicted molar refractivity (Wildman–Crippen MR) is 72.0 cm³/mol. The summed E-state index contributed by atoms with van der Waals surface area (Å²) in [7, 11) is 0. The van der Waals surface area contributed by atoms with E-state index in [1.807, 2.05) is 11.4 Å². The average molecular weight is 352 g/mol. The van der Waals surface area contributed by atoms with Crippen LogP contribution in [0.1, 0.15) is 10.4 Å². The van der Waals surface area contributed by atoms with E-state index in [0.29, 0.717) is 13.2 Å². The zero-order chi connectivity index (χ0) is 11.4. The van der Waals surface area contributed by atoms with E-state index in [4.69, 9.17) is 4.74 Å². The van der Waals surface area contributed by atoms with E-state index in [-0.39, 0.29) is 11.9 Å². The van der Waals surface area contributed by atoms with Gasteiger partial charge >= 0.3 is 0 Å². The largest absolute Gasteiger partial charge is 0.378 e. The smallest absolute Gasteiger partial charge is 0.252 e. The van der Waals surface area contributed by atoms with E-state index >= 15 is 0 Å². The summed E-state index contributed by atoms with van der Waals surface area (Å²) in [6.07, 6.45) is 0. The molecule has 0 aromatic carbocycles. The number of hydrogen-bond acceptors (Lipinski definition) is 4. The highest BCUT2D eigenvalue weighted by Crippen LogP contribution is 2.16. The Kier molecular flexibility index (Phi) is 4.56. The fourth-order valence-corrected chi connectivity index (χ4v) is 2.82. The first-order valence-electron chi connectivity index (χ1n) is 5.09. The molecule has 16 heavy (non-hydrogen) atoms. The van der Waals surface area contributed by atoms with Gasteiger partial charge < -0.3 is 15.4 Å². The number of carbonyl (C=O) groups is 1. The lowest BCUT2D eigenvalue weighted by Gasteiger charge is -2.23. The second kappa shape index (κ2) is 5.95. The second-order valence-electron chi connectivity index (χ2n) is 3.58. The Labute approximate surface area is 112 Å². The van der Waals surface area contributed by atoms with Crippen LogP contribution in [0.4, 0.5) is 0 Å². The van der Waals surface area contributed by atoms with Crippen LogP contribution in [0, 0.1) is 2.88 Å². The average Bonchev–Trinajstić information content (AvgIpc) is 2.74. The SMILES string of the molecule is O=C(NCC1COCCN1)c1csc(I)c1.